The molecule has 0 aliphatic heterocycles. The molecule has 0 radical (unpaired) electrons. The number of nitrogens with one attached hydrogen (secondary N) is 1. The summed E-state index contributed by atoms with van der Waals surface area (Å²) in [7, 11) is 0. The van der Waals surface area contributed by atoms with Gasteiger partial charge in [0.2, 0.25) is 0 Å². The van der Waals surface area contributed by atoms with E-state index < -0.39 is 18.5 Å². The quantitative estimate of drug-likeness (QED) is 0.422. The Morgan fingerprint density at radius 3 is 2.58 bits per heavy atom. The van der Waals surface area contributed by atoms with Crippen LogP contribution in [-0.4, -0.2) is 38.0 Å². The summed E-state index contributed by atoms with van der Waals surface area (Å²) < 4.78 is 8.08. The van der Waals surface area contributed by atoms with Gasteiger partial charge in [-0.15, -0.1) is 0 Å². The summed E-state index contributed by atoms with van der Waals surface area (Å²) >= 11 is 6.15. The fourth-order valence-electron chi connectivity index (χ4n) is 3.05. The molecule has 9 nitrogen and oxygen atoms in total. The predicted molar refractivity (Wildman–Crippen MR) is 120 cm³/mol. The first kappa shape index (κ1) is 21.8. The van der Waals surface area contributed by atoms with E-state index in [1.54, 1.807) is 22.9 Å². The van der Waals surface area contributed by atoms with Crippen LogP contribution < -0.4 is 5.32 Å². The molecule has 4 aromatic rings. The summed E-state index contributed by atoms with van der Waals surface area (Å²) in [4.78, 5) is 24.8. The molecule has 0 atom stereocenters. The molecule has 2 heterocycles. The number of carbonyl (C=O) groups is 2. The molecular weight excluding hydrogens is 444 g/mol. The number of benzene rings is 2. The number of hydrogen-bond acceptors (Lipinski definition) is 6. The fraction of sp³-hybridized carbons (Fsp3) is 0.0870. The average molecular weight is 461 g/mol. The third-order valence-electron chi connectivity index (χ3n) is 4.64. The molecule has 0 aliphatic rings. The van der Waals surface area contributed by atoms with Gasteiger partial charge in [0.15, 0.2) is 12.4 Å². The lowest BCUT2D eigenvalue weighted by Crippen LogP contribution is -2.22. The van der Waals surface area contributed by atoms with Crippen molar-refractivity contribution in [1.82, 2.24) is 19.6 Å². The van der Waals surface area contributed by atoms with E-state index in [0.717, 1.165) is 5.56 Å². The van der Waals surface area contributed by atoms with Crippen LogP contribution in [0.3, 0.4) is 0 Å². The van der Waals surface area contributed by atoms with E-state index in [1.807, 2.05) is 42.5 Å². The second-order valence-corrected chi connectivity index (χ2v) is 7.32. The van der Waals surface area contributed by atoms with Gasteiger partial charge in [-0.3, -0.25) is 9.48 Å². The number of rotatable bonds is 7. The highest BCUT2D eigenvalue weighted by Crippen LogP contribution is 2.20. The van der Waals surface area contributed by atoms with Crippen molar-refractivity contribution in [3.63, 3.8) is 0 Å². The minimum atomic E-state index is -0.701. The Labute approximate surface area is 193 Å². The maximum Gasteiger partial charge on any atom is 0.341 e. The van der Waals surface area contributed by atoms with Crippen LogP contribution in [0.2, 0.25) is 5.02 Å². The number of ether oxygens (including phenoxy) is 1. The highest BCUT2D eigenvalue weighted by Gasteiger charge is 2.17. The maximum atomic E-state index is 12.4. The molecule has 0 saturated heterocycles. The van der Waals surface area contributed by atoms with E-state index in [0.29, 0.717) is 17.3 Å². The number of halogens is 1. The molecule has 0 aliphatic carbocycles. The molecule has 0 spiro atoms. The van der Waals surface area contributed by atoms with E-state index in [4.69, 9.17) is 16.3 Å². The molecule has 4 rings (SSSR count). The normalized spacial score (nSPS) is 10.4. The Balaban J connectivity index is 1.38. The van der Waals surface area contributed by atoms with E-state index in [2.05, 4.69) is 15.5 Å². The lowest BCUT2D eigenvalue weighted by molar-refractivity contribution is -0.119. The van der Waals surface area contributed by atoms with Crippen molar-refractivity contribution in [2.75, 3.05) is 11.9 Å². The van der Waals surface area contributed by atoms with E-state index in [-0.39, 0.29) is 16.9 Å². The molecule has 0 bridgehead atoms. The highest BCUT2D eigenvalue weighted by atomic mass is 35.5. The van der Waals surface area contributed by atoms with Crippen LogP contribution in [0.1, 0.15) is 21.5 Å². The monoisotopic (exact) mass is 460 g/mol. The van der Waals surface area contributed by atoms with Crippen molar-refractivity contribution >= 4 is 29.3 Å². The molecule has 0 saturated carbocycles. The lowest BCUT2D eigenvalue weighted by atomic mass is 10.2. The van der Waals surface area contributed by atoms with Gasteiger partial charge in [-0.1, -0.05) is 48.0 Å². The van der Waals surface area contributed by atoms with Gasteiger partial charge >= 0.3 is 5.97 Å². The number of nitriles is 1. The molecule has 2 aromatic heterocycles. The summed E-state index contributed by atoms with van der Waals surface area (Å²) in [6.45, 7) is -0.160. The van der Waals surface area contributed by atoms with E-state index in [9.17, 15) is 14.9 Å². The Morgan fingerprint density at radius 1 is 1.06 bits per heavy atom. The topological polar surface area (TPSA) is 115 Å². The number of anilines is 1. The summed E-state index contributed by atoms with van der Waals surface area (Å²) in [5.74, 6) is -1.12. The molecule has 1 N–H and O–H groups in total. The van der Waals surface area contributed by atoms with Gasteiger partial charge in [0.05, 0.1) is 30.2 Å². The van der Waals surface area contributed by atoms with Crippen molar-refractivity contribution in [2.24, 2.45) is 0 Å². The molecule has 1 amide bonds. The summed E-state index contributed by atoms with van der Waals surface area (Å²) in [5, 5.41) is 20.8. The van der Waals surface area contributed by atoms with Gasteiger partial charge in [0.25, 0.3) is 5.91 Å². The molecule has 2 aromatic carbocycles. The molecule has 10 heteroatoms. The molecular formula is C23H17ClN6O3. The molecule has 0 fully saturated rings. The number of amides is 1. The Bertz CT molecular complexity index is 1340. The van der Waals surface area contributed by atoms with Crippen LogP contribution in [0.4, 0.5) is 5.82 Å². The molecule has 0 unspecified atom stereocenters. The van der Waals surface area contributed by atoms with Crippen molar-refractivity contribution in [1.29, 1.82) is 5.26 Å². The largest absolute Gasteiger partial charge is 0.452 e. The smallest absolute Gasteiger partial charge is 0.341 e. The van der Waals surface area contributed by atoms with Crippen LogP contribution in [-0.2, 0) is 16.1 Å². The van der Waals surface area contributed by atoms with Crippen LogP contribution in [0.5, 0.6) is 0 Å². The van der Waals surface area contributed by atoms with Crippen molar-refractivity contribution in [2.45, 2.75) is 6.54 Å². The summed E-state index contributed by atoms with van der Waals surface area (Å²) in [5.41, 5.74) is 1.89. The van der Waals surface area contributed by atoms with E-state index in [1.165, 1.54) is 23.3 Å². The summed E-state index contributed by atoms with van der Waals surface area (Å²) in [6, 6.07) is 18.3. The number of para-hydroxylation sites is 1. The number of hydrogen-bond donors (Lipinski definition) is 1. The Morgan fingerprint density at radius 2 is 1.82 bits per heavy atom. The standard InChI is InChI=1S/C23H17ClN6O3/c24-20-9-5-4-6-16(20)13-29-14-18(12-26-29)23(32)33-15-21(31)28-22-17(10-25)11-27-30(22)19-7-2-1-3-8-19/h1-9,11-12,14H,13,15H2,(H,28,31). The Kier molecular flexibility index (Phi) is 6.48. The minimum absolute atomic E-state index is 0.180. The van der Waals surface area contributed by atoms with Crippen molar-refractivity contribution < 1.29 is 14.3 Å². The van der Waals surface area contributed by atoms with Crippen molar-refractivity contribution in [3.8, 4) is 11.8 Å². The third kappa shape index (κ3) is 5.08. The SMILES string of the molecule is N#Cc1cnn(-c2ccccc2)c1NC(=O)COC(=O)c1cnn(Cc2ccccc2Cl)c1. The average Bonchev–Trinajstić information content (AvgIpc) is 3.46. The summed E-state index contributed by atoms with van der Waals surface area (Å²) in [6.07, 6.45) is 4.22. The number of nitrogens with zero attached hydrogens (tertiary/aromatic N) is 5. The van der Waals surface area contributed by atoms with Gasteiger partial charge in [0, 0.05) is 11.2 Å². The van der Waals surface area contributed by atoms with Gasteiger partial charge in [-0.2, -0.15) is 15.5 Å². The zero-order valence-electron chi connectivity index (χ0n) is 17.2. The minimum Gasteiger partial charge on any atom is -0.452 e. The maximum absolute atomic E-state index is 12.4. The van der Waals surface area contributed by atoms with Crippen LogP contribution in [0, 0.1) is 11.3 Å². The number of esters is 1. The van der Waals surface area contributed by atoms with Gasteiger partial charge < -0.3 is 10.1 Å². The molecule has 164 valence electrons. The van der Waals surface area contributed by atoms with Crippen LogP contribution in [0.25, 0.3) is 5.69 Å². The predicted octanol–water partition coefficient (Wildman–Crippen LogP) is 3.44. The van der Waals surface area contributed by atoms with Gasteiger partial charge in [0.1, 0.15) is 11.6 Å². The second kappa shape index (κ2) is 9.80. The first-order valence-corrected chi connectivity index (χ1v) is 10.2. The van der Waals surface area contributed by atoms with Gasteiger partial charge in [-0.25, -0.2) is 9.48 Å². The van der Waals surface area contributed by atoms with Crippen LogP contribution in [0.15, 0.2) is 73.2 Å². The second-order valence-electron chi connectivity index (χ2n) is 6.91. The van der Waals surface area contributed by atoms with Crippen LogP contribution >= 0.6 is 11.6 Å². The van der Waals surface area contributed by atoms with E-state index >= 15 is 0 Å². The first-order valence-electron chi connectivity index (χ1n) is 9.81. The van der Waals surface area contributed by atoms with Gasteiger partial charge in [-0.05, 0) is 23.8 Å². The lowest BCUT2D eigenvalue weighted by Gasteiger charge is -2.09. The third-order valence-corrected chi connectivity index (χ3v) is 5.01. The first-order chi connectivity index (χ1) is 16.0. The Hall–Kier alpha value is -4.42. The number of aromatic nitrogens is 4. The highest BCUT2D eigenvalue weighted by molar-refractivity contribution is 6.31. The van der Waals surface area contributed by atoms with Crippen molar-refractivity contribution in [3.05, 3.63) is 94.9 Å². The zero-order chi connectivity index (χ0) is 23.2. The number of carbonyl (C=O) groups excluding carboxylic acids is 2. The fourth-order valence-corrected chi connectivity index (χ4v) is 3.25. The molecule has 33 heavy (non-hydrogen) atoms. The zero-order valence-corrected chi connectivity index (χ0v) is 17.9.